The minimum absolute atomic E-state index is 0.261. The third-order valence-corrected chi connectivity index (χ3v) is 7.11. The highest BCUT2D eigenvalue weighted by Crippen LogP contribution is 2.27. The van der Waals surface area contributed by atoms with Crippen molar-refractivity contribution >= 4 is 21.4 Å². The lowest BCUT2D eigenvalue weighted by molar-refractivity contribution is 0.164. The van der Waals surface area contributed by atoms with Gasteiger partial charge in [-0.05, 0) is 35.7 Å². The quantitative estimate of drug-likeness (QED) is 0.800. The molecule has 1 aliphatic heterocycles. The Morgan fingerprint density at radius 2 is 1.84 bits per heavy atom. The first-order valence-electron chi connectivity index (χ1n) is 7.87. The van der Waals surface area contributed by atoms with Crippen LogP contribution in [0.25, 0.3) is 0 Å². The SMILES string of the molecule is COc1ccc(S(=O)(=O)N2CCN(C(C#N)c3cccs3)CC2)cc1. The van der Waals surface area contributed by atoms with E-state index in [2.05, 4.69) is 6.07 Å². The van der Waals surface area contributed by atoms with Crippen LogP contribution in [0.2, 0.25) is 0 Å². The average Bonchev–Trinajstić information content (AvgIpc) is 3.17. The van der Waals surface area contributed by atoms with Crippen molar-refractivity contribution in [3.05, 3.63) is 46.7 Å². The Hall–Kier alpha value is -1.92. The largest absolute Gasteiger partial charge is 0.497 e. The highest BCUT2D eigenvalue weighted by Gasteiger charge is 2.31. The monoisotopic (exact) mass is 377 g/mol. The molecule has 3 rings (SSSR count). The molecule has 0 N–H and O–H groups in total. The minimum atomic E-state index is -3.53. The van der Waals surface area contributed by atoms with Crippen LogP contribution >= 0.6 is 11.3 Å². The van der Waals surface area contributed by atoms with E-state index in [1.165, 1.54) is 4.31 Å². The van der Waals surface area contributed by atoms with Crippen molar-refractivity contribution in [2.75, 3.05) is 33.3 Å². The second-order valence-corrected chi connectivity index (χ2v) is 8.58. The zero-order chi connectivity index (χ0) is 17.9. The summed E-state index contributed by atoms with van der Waals surface area (Å²) in [5.74, 6) is 0.622. The Labute approximate surface area is 151 Å². The second kappa shape index (κ2) is 7.54. The first kappa shape index (κ1) is 17.9. The molecule has 1 aromatic heterocycles. The number of nitriles is 1. The number of hydrogen-bond acceptors (Lipinski definition) is 6. The van der Waals surface area contributed by atoms with E-state index in [1.54, 1.807) is 42.7 Å². The Bertz CT molecular complexity index is 834. The minimum Gasteiger partial charge on any atom is -0.497 e. The summed E-state index contributed by atoms with van der Waals surface area (Å²) in [7, 11) is -1.98. The Morgan fingerprint density at radius 1 is 1.16 bits per heavy atom. The lowest BCUT2D eigenvalue weighted by Gasteiger charge is -2.35. The van der Waals surface area contributed by atoms with Crippen molar-refractivity contribution in [2.24, 2.45) is 0 Å². The van der Waals surface area contributed by atoms with Crippen LogP contribution in [-0.2, 0) is 10.0 Å². The molecule has 2 aromatic rings. The first-order valence-corrected chi connectivity index (χ1v) is 10.2. The van der Waals surface area contributed by atoms with E-state index in [9.17, 15) is 13.7 Å². The molecule has 1 aliphatic rings. The predicted octanol–water partition coefficient (Wildman–Crippen LogP) is 2.33. The van der Waals surface area contributed by atoms with Gasteiger partial charge in [-0.2, -0.15) is 9.57 Å². The molecule has 1 unspecified atom stereocenters. The Kier molecular flexibility index (Phi) is 5.39. The van der Waals surface area contributed by atoms with Crippen LogP contribution in [0.4, 0.5) is 0 Å². The van der Waals surface area contributed by atoms with E-state index < -0.39 is 10.0 Å². The molecule has 1 saturated heterocycles. The van der Waals surface area contributed by atoms with Gasteiger partial charge in [-0.25, -0.2) is 8.42 Å². The smallest absolute Gasteiger partial charge is 0.243 e. The highest BCUT2D eigenvalue weighted by atomic mass is 32.2. The number of sulfonamides is 1. The molecule has 0 aliphatic carbocycles. The summed E-state index contributed by atoms with van der Waals surface area (Å²) in [5.41, 5.74) is 0. The van der Waals surface area contributed by atoms with Gasteiger partial charge in [0.05, 0.1) is 18.1 Å². The van der Waals surface area contributed by atoms with Gasteiger partial charge >= 0.3 is 0 Å². The Morgan fingerprint density at radius 3 is 2.36 bits per heavy atom. The van der Waals surface area contributed by atoms with E-state index in [4.69, 9.17) is 4.74 Å². The first-order chi connectivity index (χ1) is 12.1. The summed E-state index contributed by atoms with van der Waals surface area (Å²) in [6, 6.07) is 12.3. The molecule has 2 heterocycles. The second-order valence-electron chi connectivity index (χ2n) is 5.66. The summed E-state index contributed by atoms with van der Waals surface area (Å²) < 4.78 is 32.1. The molecule has 0 amide bonds. The van der Waals surface area contributed by atoms with Crippen LogP contribution in [0.3, 0.4) is 0 Å². The number of ether oxygens (including phenoxy) is 1. The van der Waals surface area contributed by atoms with Crippen molar-refractivity contribution < 1.29 is 13.2 Å². The van der Waals surface area contributed by atoms with E-state index >= 15 is 0 Å². The maximum atomic E-state index is 12.8. The molecule has 0 spiro atoms. The van der Waals surface area contributed by atoms with Crippen LogP contribution in [0, 0.1) is 11.3 Å². The van der Waals surface area contributed by atoms with Gasteiger partial charge < -0.3 is 4.74 Å². The zero-order valence-electron chi connectivity index (χ0n) is 13.8. The van der Waals surface area contributed by atoms with Crippen LogP contribution in [0.5, 0.6) is 5.75 Å². The molecule has 1 fully saturated rings. The summed E-state index contributed by atoms with van der Waals surface area (Å²) >= 11 is 1.55. The summed E-state index contributed by atoms with van der Waals surface area (Å²) in [5, 5.41) is 11.4. The fourth-order valence-corrected chi connectivity index (χ4v) is 5.10. The standard InChI is InChI=1S/C17H19N3O3S2/c1-23-14-4-6-15(7-5-14)25(21,22)20-10-8-19(9-11-20)16(13-18)17-3-2-12-24-17/h2-7,12,16H,8-11H2,1H3. The van der Waals surface area contributed by atoms with Crippen LogP contribution in [-0.4, -0.2) is 50.9 Å². The number of benzene rings is 1. The van der Waals surface area contributed by atoms with Gasteiger partial charge in [-0.15, -0.1) is 11.3 Å². The third kappa shape index (κ3) is 3.70. The summed E-state index contributed by atoms with van der Waals surface area (Å²) in [4.78, 5) is 3.29. The topological polar surface area (TPSA) is 73.6 Å². The van der Waals surface area contributed by atoms with E-state index in [0.29, 0.717) is 31.9 Å². The molecule has 1 atom stereocenters. The molecule has 25 heavy (non-hydrogen) atoms. The van der Waals surface area contributed by atoms with E-state index in [-0.39, 0.29) is 10.9 Å². The van der Waals surface area contributed by atoms with Gasteiger partial charge in [0.2, 0.25) is 10.0 Å². The molecule has 0 bridgehead atoms. The van der Waals surface area contributed by atoms with Crippen molar-refractivity contribution in [3.63, 3.8) is 0 Å². The van der Waals surface area contributed by atoms with Gasteiger partial charge in [0.25, 0.3) is 0 Å². The van der Waals surface area contributed by atoms with Gasteiger partial charge in [-0.1, -0.05) is 6.07 Å². The molecular formula is C17H19N3O3S2. The zero-order valence-corrected chi connectivity index (χ0v) is 15.5. The average molecular weight is 377 g/mol. The number of rotatable bonds is 5. The number of piperazine rings is 1. The van der Waals surface area contributed by atoms with Crippen molar-refractivity contribution in [2.45, 2.75) is 10.9 Å². The van der Waals surface area contributed by atoms with Crippen LogP contribution in [0.15, 0.2) is 46.7 Å². The van der Waals surface area contributed by atoms with Crippen LogP contribution < -0.4 is 4.74 Å². The van der Waals surface area contributed by atoms with Crippen molar-refractivity contribution in [1.29, 1.82) is 5.26 Å². The van der Waals surface area contributed by atoms with Gasteiger partial charge in [0, 0.05) is 31.1 Å². The normalized spacial score (nSPS) is 17.8. The highest BCUT2D eigenvalue weighted by molar-refractivity contribution is 7.89. The third-order valence-electron chi connectivity index (χ3n) is 4.27. The molecule has 0 radical (unpaired) electrons. The van der Waals surface area contributed by atoms with Gasteiger partial charge in [0.1, 0.15) is 11.8 Å². The van der Waals surface area contributed by atoms with Crippen LogP contribution in [0.1, 0.15) is 10.9 Å². The maximum absolute atomic E-state index is 12.8. The van der Waals surface area contributed by atoms with E-state index in [0.717, 1.165) is 4.88 Å². The fourth-order valence-electron chi connectivity index (χ4n) is 2.87. The van der Waals surface area contributed by atoms with Crippen molar-refractivity contribution in [3.8, 4) is 11.8 Å². The van der Waals surface area contributed by atoms with E-state index in [1.807, 2.05) is 22.4 Å². The maximum Gasteiger partial charge on any atom is 0.243 e. The molecule has 132 valence electrons. The number of methoxy groups -OCH3 is 1. The Balaban J connectivity index is 1.69. The molecular weight excluding hydrogens is 358 g/mol. The molecule has 6 nitrogen and oxygen atoms in total. The molecule has 1 aromatic carbocycles. The van der Waals surface area contributed by atoms with Gasteiger partial charge in [-0.3, -0.25) is 4.90 Å². The number of thiophene rings is 1. The fraction of sp³-hybridized carbons (Fsp3) is 0.353. The number of hydrogen-bond donors (Lipinski definition) is 0. The van der Waals surface area contributed by atoms with Crippen molar-refractivity contribution in [1.82, 2.24) is 9.21 Å². The van der Waals surface area contributed by atoms with Gasteiger partial charge in [0.15, 0.2) is 0 Å². The molecule has 8 heteroatoms. The lowest BCUT2D eigenvalue weighted by Crippen LogP contribution is -2.49. The molecule has 0 saturated carbocycles. The summed E-state index contributed by atoms with van der Waals surface area (Å²) in [6.07, 6.45) is 0. The lowest BCUT2D eigenvalue weighted by atomic mass is 10.2. The summed E-state index contributed by atoms with van der Waals surface area (Å²) in [6.45, 7) is 1.81. The number of nitrogens with zero attached hydrogens (tertiary/aromatic N) is 3. The predicted molar refractivity (Wildman–Crippen MR) is 96.0 cm³/mol.